The fourth-order valence-electron chi connectivity index (χ4n) is 2.29. The minimum atomic E-state index is -0.00830. The van der Waals surface area contributed by atoms with Crippen LogP contribution < -0.4 is 15.8 Å². The molecule has 0 aliphatic heterocycles. The Morgan fingerprint density at radius 2 is 1.88 bits per heavy atom. The summed E-state index contributed by atoms with van der Waals surface area (Å²) >= 11 is 0. The second kappa shape index (κ2) is 10.6. The van der Waals surface area contributed by atoms with Gasteiger partial charge in [0, 0.05) is 31.9 Å². The van der Waals surface area contributed by atoms with Gasteiger partial charge in [0.05, 0.1) is 7.11 Å². The molecule has 7 heteroatoms. The maximum Gasteiger partial charge on any atom is 0.253 e. The molecule has 26 heavy (non-hydrogen) atoms. The van der Waals surface area contributed by atoms with Crippen molar-refractivity contribution in [2.75, 3.05) is 33.1 Å². The summed E-state index contributed by atoms with van der Waals surface area (Å²) in [6, 6.07) is 15.0. The first kappa shape index (κ1) is 21.8. The van der Waals surface area contributed by atoms with Crippen molar-refractivity contribution < 1.29 is 9.53 Å². The van der Waals surface area contributed by atoms with Gasteiger partial charge in [0.15, 0.2) is 5.96 Å². The summed E-state index contributed by atoms with van der Waals surface area (Å²) in [6.45, 7) is 0.536. The summed E-state index contributed by atoms with van der Waals surface area (Å²) in [5.41, 5.74) is 8.48. The van der Waals surface area contributed by atoms with Crippen LogP contribution in [0.5, 0.6) is 5.75 Å². The van der Waals surface area contributed by atoms with Gasteiger partial charge in [0.2, 0.25) is 0 Å². The zero-order chi connectivity index (χ0) is 18.2. The molecule has 2 aromatic carbocycles. The zero-order valence-electron chi connectivity index (χ0n) is 15.2. The van der Waals surface area contributed by atoms with Crippen LogP contribution in [0.15, 0.2) is 53.5 Å². The maximum atomic E-state index is 12.0. The van der Waals surface area contributed by atoms with Crippen LogP contribution in [-0.2, 0) is 6.42 Å². The highest BCUT2D eigenvalue weighted by atomic mass is 127. The third-order valence-corrected chi connectivity index (χ3v) is 3.63. The van der Waals surface area contributed by atoms with Crippen LogP contribution in [0.1, 0.15) is 15.9 Å². The first-order chi connectivity index (χ1) is 12.0. The Morgan fingerprint density at radius 1 is 1.19 bits per heavy atom. The highest BCUT2D eigenvalue weighted by molar-refractivity contribution is 14.0. The number of halogens is 1. The zero-order valence-corrected chi connectivity index (χ0v) is 17.6. The Morgan fingerprint density at radius 3 is 2.50 bits per heavy atom. The summed E-state index contributed by atoms with van der Waals surface area (Å²) in [6.07, 6.45) is 0.708. The third kappa shape index (κ3) is 6.55. The number of methoxy groups -OCH3 is 1. The molecule has 0 heterocycles. The molecule has 2 aromatic rings. The van der Waals surface area contributed by atoms with Crippen LogP contribution >= 0.6 is 24.0 Å². The molecular formula is C19H25IN4O2. The number of rotatable bonds is 6. The lowest BCUT2D eigenvalue weighted by Crippen LogP contribution is -2.23. The lowest BCUT2D eigenvalue weighted by atomic mass is 10.1. The first-order valence-electron chi connectivity index (χ1n) is 8.01. The predicted molar refractivity (Wildman–Crippen MR) is 117 cm³/mol. The van der Waals surface area contributed by atoms with E-state index in [0.29, 0.717) is 24.5 Å². The largest absolute Gasteiger partial charge is 0.497 e. The Hall–Kier alpha value is -2.29. The van der Waals surface area contributed by atoms with E-state index < -0.39 is 0 Å². The van der Waals surface area contributed by atoms with Gasteiger partial charge < -0.3 is 20.7 Å². The minimum Gasteiger partial charge on any atom is -0.497 e. The van der Waals surface area contributed by atoms with Crippen LogP contribution in [0.4, 0.5) is 5.69 Å². The topological polar surface area (TPSA) is 80.0 Å². The molecule has 0 aliphatic rings. The van der Waals surface area contributed by atoms with Gasteiger partial charge in [-0.25, -0.2) is 0 Å². The number of carbonyl (C=O) groups is 1. The number of nitrogens with zero attached hydrogens (tertiary/aromatic N) is 2. The number of nitrogens with one attached hydrogen (secondary N) is 1. The summed E-state index contributed by atoms with van der Waals surface area (Å²) in [5.74, 6) is 1.13. The number of guanidine groups is 1. The summed E-state index contributed by atoms with van der Waals surface area (Å²) in [4.78, 5) is 17.9. The molecule has 0 aromatic heterocycles. The number of carbonyl (C=O) groups excluding carboxylic acids is 1. The number of anilines is 1. The molecule has 140 valence electrons. The molecule has 2 rings (SSSR count). The molecule has 3 N–H and O–H groups in total. The Balaban J connectivity index is 0.00000338. The quantitative estimate of drug-likeness (QED) is 0.388. The van der Waals surface area contributed by atoms with Gasteiger partial charge in [-0.3, -0.25) is 9.79 Å². The van der Waals surface area contributed by atoms with E-state index in [4.69, 9.17) is 10.5 Å². The number of benzene rings is 2. The van der Waals surface area contributed by atoms with Gasteiger partial charge in [-0.1, -0.05) is 12.1 Å². The predicted octanol–water partition coefficient (Wildman–Crippen LogP) is 2.98. The lowest BCUT2D eigenvalue weighted by molar-refractivity contribution is 0.0827. The first-order valence-corrected chi connectivity index (χ1v) is 8.01. The summed E-state index contributed by atoms with van der Waals surface area (Å²) < 4.78 is 5.11. The van der Waals surface area contributed by atoms with Crippen LogP contribution in [0.2, 0.25) is 0 Å². The fraction of sp³-hybridized carbons (Fsp3) is 0.263. The van der Waals surface area contributed by atoms with E-state index in [1.807, 2.05) is 48.5 Å². The van der Waals surface area contributed by atoms with E-state index in [9.17, 15) is 4.79 Å². The monoisotopic (exact) mass is 468 g/mol. The average Bonchev–Trinajstić information content (AvgIpc) is 2.62. The normalized spacial score (nSPS) is 10.7. The molecule has 0 unspecified atom stereocenters. The Kier molecular flexibility index (Phi) is 8.91. The van der Waals surface area contributed by atoms with Crippen molar-refractivity contribution in [3.05, 3.63) is 59.7 Å². The van der Waals surface area contributed by atoms with Crippen molar-refractivity contribution in [2.24, 2.45) is 10.7 Å². The molecule has 1 amide bonds. The van der Waals surface area contributed by atoms with E-state index in [2.05, 4.69) is 10.3 Å². The van der Waals surface area contributed by atoms with Crippen LogP contribution in [0, 0.1) is 0 Å². The van der Waals surface area contributed by atoms with Crippen LogP contribution in [0.25, 0.3) is 0 Å². The molecular weight excluding hydrogens is 443 g/mol. The van der Waals surface area contributed by atoms with Gasteiger partial charge in [-0.05, 0) is 48.4 Å². The molecule has 0 aliphatic carbocycles. The molecule has 0 fully saturated rings. The summed E-state index contributed by atoms with van der Waals surface area (Å²) in [5, 5.41) is 3.04. The smallest absolute Gasteiger partial charge is 0.253 e. The Labute approximate surface area is 171 Å². The number of amides is 1. The van der Waals surface area contributed by atoms with Crippen molar-refractivity contribution in [3.63, 3.8) is 0 Å². The van der Waals surface area contributed by atoms with Crippen molar-refractivity contribution in [1.82, 2.24) is 4.90 Å². The molecule has 0 saturated heterocycles. The molecule has 0 bridgehead atoms. The standard InChI is InChI=1S/C19H24N4O2.HI/c1-23(2)18(24)15-6-4-5-14(13-15)11-12-21-19(20)22-16-7-9-17(25-3)10-8-16;/h4-10,13H,11-12H2,1-3H3,(H3,20,21,22);1H. The minimum absolute atomic E-state index is 0. The third-order valence-electron chi connectivity index (χ3n) is 3.63. The SMILES string of the molecule is COc1ccc(NC(N)=NCCc2cccc(C(=O)N(C)C)c2)cc1.I. The molecule has 6 nitrogen and oxygen atoms in total. The van der Waals surface area contributed by atoms with Crippen LogP contribution in [0.3, 0.4) is 0 Å². The summed E-state index contributed by atoms with van der Waals surface area (Å²) in [7, 11) is 5.11. The van der Waals surface area contributed by atoms with Gasteiger partial charge in [-0.15, -0.1) is 24.0 Å². The lowest BCUT2D eigenvalue weighted by Gasteiger charge is -2.11. The fourth-order valence-corrected chi connectivity index (χ4v) is 2.29. The highest BCUT2D eigenvalue weighted by Crippen LogP contribution is 2.14. The Bertz CT molecular complexity index is 745. The number of hydrogen-bond donors (Lipinski definition) is 2. The second-order valence-electron chi connectivity index (χ2n) is 5.77. The van der Waals surface area contributed by atoms with E-state index in [0.717, 1.165) is 17.0 Å². The molecule has 0 spiro atoms. The average molecular weight is 468 g/mol. The number of nitrogens with two attached hydrogens (primary N) is 1. The molecule has 0 atom stereocenters. The van der Waals surface area contributed by atoms with E-state index in [-0.39, 0.29) is 29.9 Å². The van der Waals surface area contributed by atoms with Gasteiger partial charge >= 0.3 is 0 Å². The van der Waals surface area contributed by atoms with Crippen molar-refractivity contribution >= 4 is 41.5 Å². The van der Waals surface area contributed by atoms with Gasteiger partial charge in [-0.2, -0.15) is 0 Å². The van der Waals surface area contributed by atoms with E-state index >= 15 is 0 Å². The maximum absolute atomic E-state index is 12.0. The number of aliphatic imine (C=N–C) groups is 1. The van der Waals surface area contributed by atoms with Crippen molar-refractivity contribution in [3.8, 4) is 5.75 Å². The van der Waals surface area contributed by atoms with Crippen molar-refractivity contribution in [2.45, 2.75) is 6.42 Å². The van der Waals surface area contributed by atoms with E-state index in [1.165, 1.54) is 0 Å². The number of hydrogen-bond acceptors (Lipinski definition) is 3. The number of ether oxygens (including phenoxy) is 1. The molecule has 0 saturated carbocycles. The van der Waals surface area contributed by atoms with Gasteiger partial charge in [0.25, 0.3) is 5.91 Å². The molecule has 0 radical (unpaired) electrons. The van der Waals surface area contributed by atoms with Gasteiger partial charge in [0.1, 0.15) is 5.75 Å². The van der Waals surface area contributed by atoms with Crippen molar-refractivity contribution in [1.29, 1.82) is 0 Å². The van der Waals surface area contributed by atoms with E-state index in [1.54, 1.807) is 26.1 Å². The second-order valence-corrected chi connectivity index (χ2v) is 5.77. The highest BCUT2D eigenvalue weighted by Gasteiger charge is 2.07. The van der Waals surface area contributed by atoms with Crippen LogP contribution in [-0.4, -0.2) is 44.5 Å².